The molecule has 1 saturated carbocycles. The second-order valence-corrected chi connectivity index (χ2v) is 10.3. The molecule has 0 amide bonds. The van der Waals surface area contributed by atoms with E-state index in [9.17, 15) is 10.2 Å². The van der Waals surface area contributed by atoms with Crippen molar-refractivity contribution in [2.24, 2.45) is 0 Å². The number of aliphatic hydroxyl groups is 2. The van der Waals surface area contributed by atoms with E-state index in [4.69, 9.17) is 31.7 Å². The lowest BCUT2D eigenvalue weighted by Crippen LogP contribution is -2.47. The van der Waals surface area contributed by atoms with Gasteiger partial charge in [0.15, 0.2) is 5.82 Å². The molecule has 1 aliphatic heterocycles. The Morgan fingerprint density at radius 2 is 1.92 bits per heavy atom. The molecule has 1 saturated heterocycles. The molecule has 4 N–H and O–H groups in total. The maximum Gasteiger partial charge on any atom is 0.163 e. The predicted octanol–water partition coefficient (Wildman–Crippen LogP) is 3.68. The normalized spacial score (nSPS) is 17.9. The van der Waals surface area contributed by atoms with Crippen molar-refractivity contribution in [1.82, 2.24) is 20.2 Å². The van der Waals surface area contributed by atoms with Crippen LogP contribution in [0.4, 0.5) is 5.82 Å². The van der Waals surface area contributed by atoms with Crippen molar-refractivity contribution in [2.75, 3.05) is 51.3 Å². The molecule has 200 valence electrons. The molecule has 0 spiro atoms. The van der Waals surface area contributed by atoms with E-state index in [2.05, 4.69) is 15.1 Å². The average Bonchev–Trinajstić information content (AvgIpc) is 3.70. The second kappa shape index (κ2) is 11.8. The van der Waals surface area contributed by atoms with E-state index >= 15 is 0 Å². The number of nitrogens with zero attached hydrogens (tertiary/aromatic N) is 4. The van der Waals surface area contributed by atoms with Gasteiger partial charge in [0.1, 0.15) is 30.0 Å². The molecule has 1 aromatic carbocycles. The number of aliphatic hydroxyl groups excluding tert-OH is 2. The van der Waals surface area contributed by atoms with Crippen LogP contribution in [0.15, 0.2) is 24.0 Å². The number of hydrogen-bond acceptors (Lipinski definition) is 9. The first-order chi connectivity index (χ1) is 17.7. The van der Waals surface area contributed by atoms with Gasteiger partial charge in [-0.25, -0.2) is 9.97 Å². The van der Waals surface area contributed by atoms with Gasteiger partial charge in [-0.2, -0.15) is 0 Å². The van der Waals surface area contributed by atoms with E-state index in [0.717, 1.165) is 43.6 Å². The van der Waals surface area contributed by atoms with Crippen molar-refractivity contribution in [1.29, 1.82) is 5.41 Å². The summed E-state index contributed by atoms with van der Waals surface area (Å²) in [7, 11) is 1.77. The van der Waals surface area contributed by atoms with Gasteiger partial charge >= 0.3 is 0 Å². The molecule has 10 heteroatoms. The highest BCUT2D eigenvalue weighted by Gasteiger charge is 2.32. The molecule has 0 radical (unpaired) electrons. The predicted molar refractivity (Wildman–Crippen MR) is 148 cm³/mol. The van der Waals surface area contributed by atoms with Crippen LogP contribution in [-0.2, 0) is 0 Å². The summed E-state index contributed by atoms with van der Waals surface area (Å²) in [4.78, 5) is 14.6. The molecule has 1 aliphatic carbocycles. The number of piperazine rings is 1. The monoisotopic (exact) mass is 528 g/mol. The molecular weight excluding hydrogens is 492 g/mol. The summed E-state index contributed by atoms with van der Waals surface area (Å²) in [6.45, 7) is 9.33. The Kier molecular flexibility index (Phi) is 8.69. The molecule has 4 rings (SSSR count). The van der Waals surface area contributed by atoms with Gasteiger partial charge in [-0.05, 0) is 58.9 Å². The van der Waals surface area contributed by atoms with E-state index < -0.39 is 6.10 Å². The third kappa shape index (κ3) is 6.41. The number of anilines is 1. The first-order valence-electron chi connectivity index (χ1n) is 12.8. The van der Waals surface area contributed by atoms with Gasteiger partial charge in [0.05, 0.1) is 16.3 Å². The van der Waals surface area contributed by atoms with E-state index in [0.29, 0.717) is 40.0 Å². The van der Waals surface area contributed by atoms with Crippen LogP contribution in [0.5, 0.6) is 5.75 Å². The molecule has 2 aliphatic rings. The molecule has 0 bridgehead atoms. The first kappa shape index (κ1) is 27.3. The average molecular weight is 529 g/mol. The minimum Gasteiger partial charge on any atom is -0.512 e. The Balaban J connectivity index is 1.75. The highest BCUT2D eigenvalue weighted by molar-refractivity contribution is 6.33. The summed E-state index contributed by atoms with van der Waals surface area (Å²) >= 11 is 6.62. The third-order valence-electron chi connectivity index (χ3n) is 6.83. The lowest BCUT2D eigenvalue weighted by atomic mass is 10.0. The van der Waals surface area contributed by atoms with E-state index in [1.807, 2.05) is 6.92 Å². The van der Waals surface area contributed by atoms with E-state index in [1.54, 1.807) is 39.1 Å². The zero-order valence-corrected chi connectivity index (χ0v) is 22.8. The highest BCUT2D eigenvalue weighted by atomic mass is 35.5. The Morgan fingerprint density at radius 3 is 2.51 bits per heavy atom. The van der Waals surface area contributed by atoms with Gasteiger partial charge in [0.2, 0.25) is 0 Å². The Morgan fingerprint density at radius 1 is 1.22 bits per heavy atom. The van der Waals surface area contributed by atoms with Crippen LogP contribution in [0.25, 0.3) is 17.0 Å². The zero-order chi connectivity index (χ0) is 26.7. The number of benzene rings is 1. The van der Waals surface area contributed by atoms with Crippen molar-refractivity contribution in [3.05, 3.63) is 40.2 Å². The van der Waals surface area contributed by atoms with E-state index in [1.165, 1.54) is 12.8 Å². The van der Waals surface area contributed by atoms with Gasteiger partial charge in [-0.15, -0.1) is 0 Å². The highest BCUT2D eigenvalue weighted by Crippen LogP contribution is 2.35. The summed E-state index contributed by atoms with van der Waals surface area (Å²) < 4.78 is 5.80. The summed E-state index contributed by atoms with van der Waals surface area (Å²) in [5.41, 5.74) is 2.52. The SMILES string of the molecule is CNC[C@@H](O)COc1ccc(Cl)c(-c2nc(/C(C(C)=N)=C(\C)O)c(C)c(N3CCN(C4CC4)CC3)n2)c1. The van der Waals surface area contributed by atoms with Crippen LogP contribution < -0.4 is 15.0 Å². The fourth-order valence-corrected chi connectivity index (χ4v) is 4.99. The molecule has 1 aromatic heterocycles. The van der Waals surface area contributed by atoms with Crippen LogP contribution in [0.1, 0.15) is 37.9 Å². The number of halogens is 1. The lowest BCUT2D eigenvalue weighted by molar-refractivity contribution is 0.108. The Bertz CT molecular complexity index is 1170. The summed E-state index contributed by atoms with van der Waals surface area (Å²) in [5.74, 6) is 1.75. The Labute approximate surface area is 223 Å². The van der Waals surface area contributed by atoms with Crippen LogP contribution in [0.3, 0.4) is 0 Å². The third-order valence-corrected chi connectivity index (χ3v) is 7.16. The summed E-state index contributed by atoms with van der Waals surface area (Å²) in [6.07, 6.45) is 1.92. The molecule has 0 unspecified atom stereocenters. The number of aromatic nitrogens is 2. The van der Waals surface area contributed by atoms with Gasteiger partial charge < -0.3 is 30.6 Å². The van der Waals surface area contributed by atoms with Crippen molar-refractivity contribution >= 4 is 28.7 Å². The van der Waals surface area contributed by atoms with E-state index in [-0.39, 0.29) is 18.1 Å². The standard InChI is InChI=1S/C27H37ClN6O3/c1-16-25(24(17(2)29)18(3)35)31-26(32-27(16)34-11-9-33(10-12-34)19-5-6-19)22-13-21(7-8-23(22)28)37-15-20(36)14-30-4/h7-8,13,19-20,29-30,35-36H,5-6,9-12,14-15H2,1-4H3/b24-18+,29-17?/t20-/m1/s1. The van der Waals surface area contributed by atoms with Crippen molar-refractivity contribution in [3.63, 3.8) is 0 Å². The number of allylic oxidation sites excluding steroid dienone is 2. The zero-order valence-electron chi connectivity index (χ0n) is 22.0. The molecule has 2 aromatic rings. The van der Waals surface area contributed by atoms with Gasteiger partial charge in [0.25, 0.3) is 0 Å². The fourth-order valence-electron chi connectivity index (χ4n) is 4.79. The maximum atomic E-state index is 10.5. The number of likely N-dealkylation sites (N-methyl/N-ethyl adjacent to an activating group) is 1. The molecule has 1 atom stereocenters. The molecule has 37 heavy (non-hydrogen) atoms. The minimum atomic E-state index is -0.650. The fraction of sp³-hybridized carbons (Fsp3) is 0.519. The van der Waals surface area contributed by atoms with Crippen molar-refractivity contribution in [2.45, 2.75) is 45.8 Å². The first-order valence-corrected chi connectivity index (χ1v) is 13.2. The van der Waals surface area contributed by atoms with Gasteiger partial charge in [-0.3, -0.25) is 4.90 Å². The minimum absolute atomic E-state index is 0.0338. The summed E-state index contributed by atoms with van der Waals surface area (Å²) in [5, 5.41) is 32.2. The quantitative estimate of drug-likeness (QED) is 0.272. The van der Waals surface area contributed by atoms with Crippen LogP contribution >= 0.6 is 11.6 Å². The number of ether oxygens (including phenoxy) is 1. The lowest BCUT2D eigenvalue weighted by Gasteiger charge is -2.36. The molecule has 2 fully saturated rings. The Hall–Kier alpha value is -2.72. The molecule has 9 nitrogen and oxygen atoms in total. The van der Waals surface area contributed by atoms with Crippen LogP contribution in [0, 0.1) is 12.3 Å². The second-order valence-electron chi connectivity index (χ2n) is 9.85. The van der Waals surface area contributed by atoms with Crippen molar-refractivity contribution in [3.8, 4) is 17.1 Å². The van der Waals surface area contributed by atoms with Gasteiger partial charge in [-0.1, -0.05) is 11.6 Å². The van der Waals surface area contributed by atoms with Gasteiger partial charge in [0, 0.05) is 55.6 Å². The maximum absolute atomic E-state index is 10.5. The number of nitrogens with one attached hydrogen (secondary N) is 2. The van der Waals surface area contributed by atoms with Crippen LogP contribution in [0.2, 0.25) is 5.02 Å². The van der Waals surface area contributed by atoms with Crippen LogP contribution in [-0.4, -0.2) is 89.3 Å². The summed E-state index contributed by atoms with van der Waals surface area (Å²) in [6, 6.07) is 5.96. The number of hydrogen-bond donors (Lipinski definition) is 4. The molecule has 2 heterocycles. The topological polar surface area (TPSA) is 118 Å². The largest absolute Gasteiger partial charge is 0.512 e. The number of rotatable bonds is 10. The smallest absolute Gasteiger partial charge is 0.163 e. The molecular formula is C27H37ClN6O3. The van der Waals surface area contributed by atoms with Crippen molar-refractivity contribution < 1.29 is 14.9 Å².